The number of nitrogens with zero attached hydrogens (tertiary/aromatic N) is 1. The summed E-state index contributed by atoms with van der Waals surface area (Å²) in [5.74, 6) is 0.450. The largest absolute Gasteiger partial charge is 0.496 e. The summed E-state index contributed by atoms with van der Waals surface area (Å²) in [7, 11) is 3.47. The van der Waals surface area contributed by atoms with Crippen LogP contribution < -0.4 is 10.1 Å². The lowest BCUT2D eigenvalue weighted by atomic mass is 9.99. The van der Waals surface area contributed by atoms with Crippen molar-refractivity contribution < 1.29 is 9.13 Å². The van der Waals surface area contributed by atoms with Gasteiger partial charge in [0.15, 0.2) is 0 Å². The molecule has 20 heavy (non-hydrogen) atoms. The zero-order valence-electron chi connectivity index (χ0n) is 11.8. The minimum Gasteiger partial charge on any atom is -0.496 e. The molecule has 4 heteroatoms. The number of hydrogen-bond acceptors (Lipinski definition) is 3. The molecule has 0 aliphatic rings. The summed E-state index contributed by atoms with van der Waals surface area (Å²) in [4.78, 5) is 4.31. The Hall–Kier alpha value is -1.94. The number of rotatable bonds is 6. The van der Waals surface area contributed by atoms with Crippen molar-refractivity contribution in [3.63, 3.8) is 0 Å². The van der Waals surface area contributed by atoms with E-state index >= 15 is 0 Å². The van der Waals surface area contributed by atoms with E-state index in [1.807, 2.05) is 25.2 Å². The van der Waals surface area contributed by atoms with Crippen molar-refractivity contribution in [3.05, 3.63) is 59.7 Å². The zero-order chi connectivity index (χ0) is 14.4. The van der Waals surface area contributed by atoms with Crippen LogP contribution in [0.25, 0.3) is 0 Å². The average molecular weight is 274 g/mol. The molecular formula is C16H19FN2O. The summed E-state index contributed by atoms with van der Waals surface area (Å²) < 4.78 is 18.8. The van der Waals surface area contributed by atoms with Gasteiger partial charge in [-0.1, -0.05) is 6.07 Å². The van der Waals surface area contributed by atoms with Crippen molar-refractivity contribution in [1.29, 1.82) is 0 Å². The smallest absolute Gasteiger partial charge is 0.123 e. The molecule has 2 rings (SSSR count). The summed E-state index contributed by atoms with van der Waals surface area (Å²) >= 11 is 0. The van der Waals surface area contributed by atoms with E-state index < -0.39 is 0 Å². The molecule has 106 valence electrons. The standard InChI is InChI=1S/C16H19FN2O/c1-18-15(8-7-13-5-3-4-10-19-13)14-11-12(17)6-9-16(14)20-2/h3-6,9-11,15,18H,7-8H2,1-2H3. The fourth-order valence-corrected chi connectivity index (χ4v) is 2.27. The summed E-state index contributed by atoms with van der Waals surface area (Å²) in [6.07, 6.45) is 3.44. The Kier molecular flexibility index (Phi) is 5.07. The van der Waals surface area contributed by atoms with Crippen molar-refractivity contribution in [1.82, 2.24) is 10.3 Å². The number of halogens is 1. The molecule has 0 amide bonds. The predicted octanol–water partition coefficient (Wildman–Crippen LogP) is 3.12. The molecule has 1 unspecified atom stereocenters. The van der Waals surface area contributed by atoms with E-state index in [9.17, 15) is 4.39 Å². The van der Waals surface area contributed by atoms with Crippen molar-refractivity contribution in [2.75, 3.05) is 14.2 Å². The second-order valence-electron chi connectivity index (χ2n) is 4.59. The first-order valence-electron chi connectivity index (χ1n) is 6.65. The molecule has 1 heterocycles. The van der Waals surface area contributed by atoms with E-state index in [2.05, 4.69) is 10.3 Å². The normalized spacial score (nSPS) is 12.2. The minimum atomic E-state index is -0.251. The number of nitrogens with one attached hydrogen (secondary N) is 1. The first-order valence-corrected chi connectivity index (χ1v) is 6.65. The van der Waals surface area contributed by atoms with Crippen LogP contribution in [0.4, 0.5) is 4.39 Å². The molecular weight excluding hydrogens is 255 g/mol. The second kappa shape index (κ2) is 7.01. The van der Waals surface area contributed by atoms with E-state index in [4.69, 9.17) is 4.74 Å². The predicted molar refractivity (Wildman–Crippen MR) is 77.3 cm³/mol. The fraction of sp³-hybridized carbons (Fsp3) is 0.312. The minimum absolute atomic E-state index is 0.0302. The Bertz CT molecular complexity index is 545. The second-order valence-corrected chi connectivity index (χ2v) is 4.59. The topological polar surface area (TPSA) is 34.2 Å². The van der Waals surface area contributed by atoms with Gasteiger partial charge < -0.3 is 10.1 Å². The highest BCUT2D eigenvalue weighted by Crippen LogP contribution is 2.28. The van der Waals surface area contributed by atoms with Crippen LogP contribution in [0.15, 0.2) is 42.6 Å². The van der Waals surface area contributed by atoms with E-state index in [1.165, 1.54) is 12.1 Å². The molecule has 0 radical (unpaired) electrons. The molecule has 0 aliphatic heterocycles. The maximum Gasteiger partial charge on any atom is 0.123 e. The molecule has 2 aromatic rings. The molecule has 0 bridgehead atoms. The van der Waals surface area contributed by atoms with E-state index in [0.717, 1.165) is 24.1 Å². The Morgan fingerprint density at radius 1 is 1.30 bits per heavy atom. The van der Waals surface area contributed by atoms with Gasteiger partial charge in [-0.3, -0.25) is 4.98 Å². The number of methoxy groups -OCH3 is 1. The molecule has 0 saturated heterocycles. The van der Waals surface area contributed by atoms with Crippen LogP contribution >= 0.6 is 0 Å². The Labute approximate surface area is 118 Å². The highest BCUT2D eigenvalue weighted by Gasteiger charge is 2.15. The van der Waals surface area contributed by atoms with Crippen LogP contribution in [0.2, 0.25) is 0 Å². The number of aryl methyl sites for hydroxylation is 1. The van der Waals surface area contributed by atoms with E-state index in [1.54, 1.807) is 19.4 Å². The van der Waals surface area contributed by atoms with Crippen molar-refractivity contribution >= 4 is 0 Å². The van der Waals surface area contributed by atoms with Crippen molar-refractivity contribution in [3.8, 4) is 5.75 Å². The lowest BCUT2D eigenvalue weighted by Crippen LogP contribution is -2.18. The number of ether oxygens (including phenoxy) is 1. The van der Waals surface area contributed by atoms with Gasteiger partial charge in [0, 0.05) is 23.5 Å². The van der Waals surface area contributed by atoms with Gasteiger partial charge in [0.2, 0.25) is 0 Å². The summed E-state index contributed by atoms with van der Waals surface area (Å²) in [6.45, 7) is 0. The van der Waals surface area contributed by atoms with Crippen LogP contribution in [-0.4, -0.2) is 19.1 Å². The van der Waals surface area contributed by atoms with Gasteiger partial charge in [0.25, 0.3) is 0 Å². The van der Waals surface area contributed by atoms with E-state index in [0.29, 0.717) is 5.75 Å². The lowest BCUT2D eigenvalue weighted by Gasteiger charge is -2.19. The van der Waals surface area contributed by atoms with Crippen LogP contribution in [0.1, 0.15) is 23.7 Å². The monoisotopic (exact) mass is 274 g/mol. The quantitative estimate of drug-likeness (QED) is 0.878. The molecule has 0 spiro atoms. The highest BCUT2D eigenvalue weighted by molar-refractivity contribution is 5.36. The van der Waals surface area contributed by atoms with Gasteiger partial charge in [-0.25, -0.2) is 4.39 Å². The number of benzene rings is 1. The first-order chi connectivity index (χ1) is 9.74. The maximum absolute atomic E-state index is 13.4. The Morgan fingerprint density at radius 3 is 2.80 bits per heavy atom. The number of aromatic nitrogens is 1. The van der Waals surface area contributed by atoms with Crippen molar-refractivity contribution in [2.24, 2.45) is 0 Å². The van der Waals surface area contributed by atoms with Gasteiger partial charge in [0.1, 0.15) is 11.6 Å². The molecule has 0 aliphatic carbocycles. The third kappa shape index (κ3) is 3.54. The molecule has 1 atom stereocenters. The molecule has 1 aromatic carbocycles. The lowest BCUT2D eigenvalue weighted by molar-refractivity contribution is 0.397. The summed E-state index contributed by atoms with van der Waals surface area (Å²) in [6, 6.07) is 10.5. The highest BCUT2D eigenvalue weighted by atomic mass is 19.1. The third-order valence-electron chi connectivity index (χ3n) is 3.33. The first kappa shape index (κ1) is 14.5. The summed E-state index contributed by atoms with van der Waals surface area (Å²) in [5, 5.41) is 3.22. The van der Waals surface area contributed by atoms with Crippen LogP contribution in [0.5, 0.6) is 5.75 Å². The SMILES string of the molecule is CNC(CCc1ccccn1)c1cc(F)ccc1OC. The third-order valence-corrected chi connectivity index (χ3v) is 3.33. The molecule has 0 fully saturated rings. The fourth-order valence-electron chi connectivity index (χ4n) is 2.27. The van der Waals surface area contributed by atoms with E-state index in [-0.39, 0.29) is 11.9 Å². The zero-order valence-corrected chi connectivity index (χ0v) is 11.8. The number of pyridine rings is 1. The maximum atomic E-state index is 13.4. The number of hydrogen-bond donors (Lipinski definition) is 1. The van der Waals surface area contributed by atoms with Gasteiger partial charge in [0.05, 0.1) is 7.11 Å². The molecule has 3 nitrogen and oxygen atoms in total. The Morgan fingerprint density at radius 2 is 2.15 bits per heavy atom. The van der Waals surface area contributed by atoms with Crippen LogP contribution in [0.3, 0.4) is 0 Å². The van der Waals surface area contributed by atoms with Gasteiger partial charge in [-0.2, -0.15) is 0 Å². The molecule has 1 aromatic heterocycles. The van der Waals surface area contributed by atoms with Crippen LogP contribution in [0, 0.1) is 5.82 Å². The van der Waals surface area contributed by atoms with Gasteiger partial charge in [-0.05, 0) is 50.2 Å². The van der Waals surface area contributed by atoms with Crippen molar-refractivity contribution in [2.45, 2.75) is 18.9 Å². The molecule has 1 N–H and O–H groups in total. The molecule has 0 saturated carbocycles. The summed E-state index contributed by atoms with van der Waals surface area (Å²) in [5.41, 5.74) is 1.87. The average Bonchev–Trinajstić information content (AvgIpc) is 2.49. The van der Waals surface area contributed by atoms with Crippen LogP contribution in [-0.2, 0) is 6.42 Å². The van der Waals surface area contributed by atoms with Gasteiger partial charge in [-0.15, -0.1) is 0 Å². The van der Waals surface area contributed by atoms with Gasteiger partial charge >= 0.3 is 0 Å². The Balaban J connectivity index is 2.14.